The largest absolute Gasteiger partial charge is 0.365 e. The molecule has 0 aliphatic carbocycles. The number of anilines is 1. The van der Waals surface area contributed by atoms with Gasteiger partial charge in [-0.05, 0) is 12.1 Å². The maximum Gasteiger partial charge on any atom is 0.183 e. The van der Waals surface area contributed by atoms with E-state index in [4.69, 9.17) is 0 Å². The number of hydrogen-bond donors (Lipinski definition) is 1. The van der Waals surface area contributed by atoms with Gasteiger partial charge in [0.15, 0.2) is 10.9 Å². The first kappa shape index (κ1) is 8.90. The predicted octanol–water partition coefficient (Wildman–Crippen LogP) is 3.24. The van der Waals surface area contributed by atoms with Gasteiger partial charge in [0.25, 0.3) is 0 Å². The van der Waals surface area contributed by atoms with Crippen molar-refractivity contribution in [3.8, 4) is 0 Å². The number of nitrogens with one attached hydrogen (secondary N) is 1. The summed E-state index contributed by atoms with van der Waals surface area (Å²) in [6, 6.07) is 3.28. The quantitative estimate of drug-likeness (QED) is 0.852. The van der Waals surface area contributed by atoms with Gasteiger partial charge >= 0.3 is 0 Å². The van der Waals surface area contributed by atoms with Crippen LogP contribution in [0.3, 0.4) is 0 Å². The van der Waals surface area contributed by atoms with Crippen molar-refractivity contribution in [3.63, 3.8) is 0 Å². The van der Waals surface area contributed by atoms with Crippen LogP contribution in [-0.4, -0.2) is 12.0 Å². The fourth-order valence-electron chi connectivity index (χ4n) is 1.06. The molecule has 0 spiro atoms. The van der Waals surface area contributed by atoms with Gasteiger partial charge < -0.3 is 5.32 Å². The van der Waals surface area contributed by atoms with Crippen LogP contribution in [0.15, 0.2) is 16.6 Å². The summed E-state index contributed by atoms with van der Waals surface area (Å²) in [5.41, 5.74) is 0.428. The minimum atomic E-state index is -0.290. The number of fused-ring (bicyclic) bond motifs is 1. The lowest BCUT2D eigenvalue weighted by Gasteiger charge is -1.91. The van der Waals surface area contributed by atoms with Crippen LogP contribution >= 0.6 is 27.3 Å². The molecule has 2 rings (SSSR count). The molecular weight excluding hydrogens is 255 g/mol. The molecule has 0 aliphatic rings. The molecule has 68 valence electrons. The second kappa shape index (κ2) is 3.23. The van der Waals surface area contributed by atoms with Crippen molar-refractivity contribution < 1.29 is 4.39 Å². The minimum absolute atomic E-state index is 0.290. The number of halogens is 2. The summed E-state index contributed by atoms with van der Waals surface area (Å²) in [5.74, 6) is -0.290. The van der Waals surface area contributed by atoms with E-state index < -0.39 is 0 Å². The Balaban J connectivity index is 2.75. The monoisotopic (exact) mass is 260 g/mol. The number of rotatable bonds is 1. The summed E-state index contributed by atoms with van der Waals surface area (Å²) in [6.07, 6.45) is 0. The second-order valence-corrected chi connectivity index (χ2v) is 4.45. The summed E-state index contributed by atoms with van der Waals surface area (Å²) >= 11 is 4.67. The summed E-state index contributed by atoms with van der Waals surface area (Å²) in [5, 5.41) is 3.62. The molecular formula is C8H6BrFN2S. The first-order valence-corrected chi connectivity index (χ1v) is 5.25. The average Bonchev–Trinajstić information content (AvgIpc) is 2.47. The van der Waals surface area contributed by atoms with Crippen LogP contribution < -0.4 is 5.32 Å². The summed E-state index contributed by atoms with van der Waals surface area (Å²) in [7, 11) is 1.77. The number of thiazole rings is 1. The van der Waals surface area contributed by atoms with Gasteiger partial charge in [0.1, 0.15) is 5.52 Å². The molecule has 0 radical (unpaired) electrons. The highest BCUT2D eigenvalue weighted by Gasteiger charge is 2.08. The van der Waals surface area contributed by atoms with E-state index in [1.165, 1.54) is 17.4 Å². The van der Waals surface area contributed by atoms with Crippen molar-refractivity contribution in [1.82, 2.24) is 4.98 Å². The topological polar surface area (TPSA) is 24.9 Å². The van der Waals surface area contributed by atoms with Gasteiger partial charge in [0.05, 0.1) is 4.70 Å². The molecule has 13 heavy (non-hydrogen) atoms. The summed E-state index contributed by atoms with van der Waals surface area (Å²) < 4.78 is 14.9. The van der Waals surface area contributed by atoms with Crippen molar-refractivity contribution >= 4 is 42.6 Å². The summed E-state index contributed by atoms with van der Waals surface area (Å²) in [6.45, 7) is 0. The Kier molecular flexibility index (Phi) is 2.21. The third-order valence-corrected chi connectivity index (χ3v) is 3.10. The lowest BCUT2D eigenvalue weighted by atomic mass is 10.3. The minimum Gasteiger partial charge on any atom is -0.365 e. The van der Waals surface area contributed by atoms with Gasteiger partial charge in [-0.15, -0.1) is 0 Å². The van der Waals surface area contributed by atoms with Crippen molar-refractivity contribution in [1.29, 1.82) is 0 Å². The molecule has 0 fully saturated rings. The van der Waals surface area contributed by atoms with E-state index in [0.717, 1.165) is 14.3 Å². The zero-order chi connectivity index (χ0) is 9.42. The average molecular weight is 261 g/mol. The molecule has 1 aromatic carbocycles. The van der Waals surface area contributed by atoms with Crippen molar-refractivity contribution in [2.75, 3.05) is 12.4 Å². The van der Waals surface area contributed by atoms with Crippen molar-refractivity contribution in [3.05, 3.63) is 22.4 Å². The highest BCUT2D eigenvalue weighted by molar-refractivity contribution is 9.10. The predicted molar refractivity (Wildman–Crippen MR) is 56.8 cm³/mol. The lowest BCUT2D eigenvalue weighted by molar-refractivity contribution is 0.636. The molecule has 2 aromatic rings. The number of nitrogens with zero attached hydrogens (tertiary/aromatic N) is 1. The zero-order valence-corrected chi connectivity index (χ0v) is 9.17. The van der Waals surface area contributed by atoms with Crippen LogP contribution in [0.25, 0.3) is 10.2 Å². The van der Waals surface area contributed by atoms with Gasteiger partial charge in [-0.1, -0.05) is 27.3 Å². The van der Waals surface area contributed by atoms with Crippen LogP contribution in [0.2, 0.25) is 0 Å². The molecule has 1 N–H and O–H groups in total. The van der Waals surface area contributed by atoms with Crippen molar-refractivity contribution in [2.45, 2.75) is 0 Å². The van der Waals surface area contributed by atoms with Gasteiger partial charge in [-0.25, -0.2) is 9.37 Å². The van der Waals surface area contributed by atoms with Crippen LogP contribution in [0.4, 0.5) is 9.52 Å². The van der Waals surface area contributed by atoms with Gasteiger partial charge in [-0.3, -0.25) is 0 Å². The molecule has 0 saturated heterocycles. The highest BCUT2D eigenvalue weighted by atomic mass is 79.9. The Labute approximate surface area is 86.9 Å². The van der Waals surface area contributed by atoms with Crippen molar-refractivity contribution in [2.24, 2.45) is 0 Å². The zero-order valence-electron chi connectivity index (χ0n) is 6.77. The van der Waals surface area contributed by atoms with E-state index in [0.29, 0.717) is 5.52 Å². The standard InChI is InChI=1S/C8H6BrFN2S/c1-11-8-12-7-5(10)2-4(9)3-6(7)13-8/h2-3H,1H3,(H,11,12). The molecule has 0 bridgehead atoms. The Morgan fingerprint density at radius 1 is 1.54 bits per heavy atom. The molecule has 0 amide bonds. The molecule has 2 nitrogen and oxygen atoms in total. The van der Waals surface area contributed by atoms with Gasteiger partial charge in [0.2, 0.25) is 0 Å². The van der Waals surface area contributed by atoms with E-state index >= 15 is 0 Å². The molecule has 0 atom stereocenters. The molecule has 0 saturated carbocycles. The van der Waals surface area contributed by atoms with E-state index in [1.807, 2.05) is 6.07 Å². The first-order valence-electron chi connectivity index (χ1n) is 3.64. The maximum absolute atomic E-state index is 13.3. The molecule has 0 aliphatic heterocycles. The van der Waals surface area contributed by atoms with Gasteiger partial charge in [-0.2, -0.15) is 0 Å². The van der Waals surface area contributed by atoms with E-state index in [-0.39, 0.29) is 5.82 Å². The normalized spacial score (nSPS) is 10.7. The molecule has 1 heterocycles. The third-order valence-electron chi connectivity index (χ3n) is 1.63. The Morgan fingerprint density at radius 2 is 2.31 bits per heavy atom. The van der Waals surface area contributed by atoms with Gasteiger partial charge in [0, 0.05) is 11.5 Å². The lowest BCUT2D eigenvalue weighted by Crippen LogP contribution is -1.85. The summed E-state index contributed by atoms with van der Waals surface area (Å²) in [4.78, 5) is 4.08. The Hall–Kier alpha value is -0.680. The maximum atomic E-state index is 13.3. The SMILES string of the molecule is CNc1nc2c(F)cc(Br)cc2s1. The Morgan fingerprint density at radius 3 is 3.00 bits per heavy atom. The Bertz CT molecular complexity index is 455. The molecule has 0 unspecified atom stereocenters. The molecule has 1 aromatic heterocycles. The van der Waals surface area contributed by atoms with E-state index in [1.54, 1.807) is 7.05 Å². The van der Waals surface area contributed by atoms with Crippen LogP contribution in [-0.2, 0) is 0 Å². The third kappa shape index (κ3) is 1.53. The smallest absolute Gasteiger partial charge is 0.183 e. The highest BCUT2D eigenvalue weighted by Crippen LogP contribution is 2.30. The number of aromatic nitrogens is 1. The fraction of sp³-hybridized carbons (Fsp3) is 0.125. The fourth-order valence-corrected chi connectivity index (χ4v) is 2.52. The number of hydrogen-bond acceptors (Lipinski definition) is 3. The van der Waals surface area contributed by atoms with E-state index in [2.05, 4.69) is 26.2 Å². The van der Waals surface area contributed by atoms with E-state index in [9.17, 15) is 4.39 Å². The molecule has 5 heteroatoms. The number of benzene rings is 1. The first-order chi connectivity index (χ1) is 6.20. The van der Waals surface area contributed by atoms with Crippen LogP contribution in [0, 0.1) is 5.82 Å². The van der Waals surface area contributed by atoms with Crippen LogP contribution in [0.5, 0.6) is 0 Å². The second-order valence-electron chi connectivity index (χ2n) is 2.50. The van der Waals surface area contributed by atoms with Crippen LogP contribution in [0.1, 0.15) is 0 Å².